The molecular weight excluding hydrogens is 370 g/mol. The lowest BCUT2D eigenvalue weighted by atomic mass is 9.85. The highest BCUT2D eigenvalue weighted by molar-refractivity contribution is 5.43. The number of likely N-dealkylation sites (N-methyl/N-ethyl adjacent to an activating group) is 1. The fraction of sp³-hybridized carbons (Fsp3) is 0.167. The van der Waals surface area contributed by atoms with Crippen molar-refractivity contribution in [1.82, 2.24) is 9.88 Å². The molecule has 29 heavy (non-hydrogen) atoms. The van der Waals surface area contributed by atoms with E-state index in [9.17, 15) is 13.9 Å². The zero-order valence-corrected chi connectivity index (χ0v) is 15.7. The molecule has 2 N–H and O–H groups in total. The minimum atomic E-state index is -1.08. The summed E-state index contributed by atoms with van der Waals surface area (Å²) in [5, 5.41) is 10.7. The molecule has 1 aromatic carbocycles. The van der Waals surface area contributed by atoms with Gasteiger partial charge in [0.25, 0.3) is 0 Å². The Morgan fingerprint density at radius 1 is 1.24 bits per heavy atom. The lowest BCUT2D eigenvalue weighted by Gasteiger charge is -2.34. The summed E-state index contributed by atoms with van der Waals surface area (Å²) in [6, 6.07) is 5.06. The molecule has 0 bridgehead atoms. The van der Waals surface area contributed by atoms with Crippen LogP contribution in [0.3, 0.4) is 0 Å². The largest absolute Gasteiger partial charge is 0.370 e. The number of allylic oxidation sites excluding steroid dienone is 3. The molecular formula is C24H18F2N2O. The van der Waals surface area contributed by atoms with Crippen LogP contribution in [0, 0.1) is 47.7 Å². The van der Waals surface area contributed by atoms with E-state index in [0.717, 1.165) is 23.8 Å². The second kappa shape index (κ2) is 8.98. The Morgan fingerprint density at radius 2 is 2.07 bits per heavy atom. The van der Waals surface area contributed by atoms with E-state index in [1.54, 1.807) is 31.6 Å². The van der Waals surface area contributed by atoms with Crippen LogP contribution in [-0.2, 0) is 0 Å². The SMILES string of the molecule is C#CC1=CC=C(C(CC#CC#Cc2cc[nH]c2)c2cc(F)ccc2F)C(O)N1C. The highest BCUT2D eigenvalue weighted by Crippen LogP contribution is 2.35. The molecule has 0 amide bonds. The number of H-pyrrole nitrogens is 1. The van der Waals surface area contributed by atoms with Gasteiger partial charge in [0.05, 0.1) is 5.70 Å². The Morgan fingerprint density at radius 3 is 2.79 bits per heavy atom. The molecule has 0 saturated carbocycles. The van der Waals surface area contributed by atoms with Crippen molar-refractivity contribution in [3.05, 3.63) is 82.8 Å². The maximum Gasteiger partial charge on any atom is 0.150 e. The van der Waals surface area contributed by atoms with Gasteiger partial charge in [0.2, 0.25) is 0 Å². The predicted molar refractivity (Wildman–Crippen MR) is 108 cm³/mol. The first kappa shape index (κ1) is 20.0. The molecule has 5 heteroatoms. The van der Waals surface area contributed by atoms with Crippen LogP contribution < -0.4 is 0 Å². The quantitative estimate of drug-likeness (QED) is 0.790. The standard InChI is InChI=1S/C24H18F2N2O/c1-3-19-10-11-21(24(29)28(19)2)20(22-15-18(25)9-12-23(22)26)8-6-4-5-7-17-13-14-27-16-17/h1,9-16,20,24,27,29H,8H2,2H3. The number of rotatable bonds is 3. The van der Waals surface area contributed by atoms with E-state index in [2.05, 4.69) is 34.6 Å². The summed E-state index contributed by atoms with van der Waals surface area (Å²) in [6.07, 6.45) is 11.3. The summed E-state index contributed by atoms with van der Waals surface area (Å²) in [4.78, 5) is 4.39. The molecule has 0 spiro atoms. The summed E-state index contributed by atoms with van der Waals surface area (Å²) >= 11 is 0. The average Bonchev–Trinajstić information content (AvgIpc) is 3.23. The third-order valence-electron chi connectivity index (χ3n) is 4.62. The van der Waals surface area contributed by atoms with E-state index >= 15 is 0 Å². The third-order valence-corrected chi connectivity index (χ3v) is 4.62. The van der Waals surface area contributed by atoms with Gasteiger partial charge in [-0.1, -0.05) is 23.8 Å². The van der Waals surface area contributed by atoms with Gasteiger partial charge in [-0.05, 0) is 53.3 Å². The van der Waals surface area contributed by atoms with Crippen LogP contribution in [0.2, 0.25) is 0 Å². The second-order valence-electron chi connectivity index (χ2n) is 6.42. The van der Waals surface area contributed by atoms with Gasteiger partial charge in [-0.2, -0.15) is 0 Å². The van der Waals surface area contributed by atoms with Gasteiger partial charge in [0.15, 0.2) is 0 Å². The van der Waals surface area contributed by atoms with Gasteiger partial charge in [-0.15, -0.1) is 6.42 Å². The van der Waals surface area contributed by atoms with Crippen LogP contribution in [0.25, 0.3) is 0 Å². The summed E-state index contributed by atoms with van der Waals surface area (Å²) < 4.78 is 28.3. The number of benzene rings is 1. The van der Waals surface area contributed by atoms with Crippen LogP contribution in [0.15, 0.2) is 60.1 Å². The Bertz CT molecular complexity index is 1120. The number of aromatic amines is 1. The van der Waals surface area contributed by atoms with Gasteiger partial charge in [-0.25, -0.2) is 8.78 Å². The summed E-state index contributed by atoms with van der Waals surface area (Å²) in [7, 11) is 1.64. The Kier molecular flexibility index (Phi) is 6.20. The molecule has 1 aromatic heterocycles. The minimum Gasteiger partial charge on any atom is -0.370 e. The van der Waals surface area contributed by atoms with Crippen molar-refractivity contribution in [3.8, 4) is 36.0 Å². The second-order valence-corrected chi connectivity index (χ2v) is 6.42. The lowest BCUT2D eigenvalue weighted by molar-refractivity contribution is 0.0742. The predicted octanol–water partition coefficient (Wildman–Crippen LogP) is 3.53. The van der Waals surface area contributed by atoms with Crippen molar-refractivity contribution in [3.63, 3.8) is 0 Å². The summed E-state index contributed by atoms with van der Waals surface area (Å²) in [6.45, 7) is 0. The Labute approximate surface area is 168 Å². The summed E-state index contributed by atoms with van der Waals surface area (Å²) in [5.41, 5.74) is 1.88. The fourth-order valence-corrected chi connectivity index (χ4v) is 3.07. The van der Waals surface area contributed by atoms with Gasteiger partial charge in [0, 0.05) is 37.3 Å². The third kappa shape index (κ3) is 4.58. The Balaban J connectivity index is 1.95. The highest BCUT2D eigenvalue weighted by atomic mass is 19.1. The number of hydrogen-bond acceptors (Lipinski definition) is 2. The number of nitrogens with zero attached hydrogens (tertiary/aromatic N) is 1. The zero-order chi connectivity index (χ0) is 20.8. The van der Waals surface area contributed by atoms with Crippen molar-refractivity contribution in [2.24, 2.45) is 0 Å². The van der Waals surface area contributed by atoms with Crippen molar-refractivity contribution in [2.45, 2.75) is 18.6 Å². The molecule has 0 radical (unpaired) electrons. The number of aliphatic hydroxyl groups excluding tert-OH is 1. The minimum absolute atomic E-state index is 0.120. The van der Waals surface area contributed by atoms with E-state index in [1.807, 2.05) is 6.07 Å². The number of nitrogens with one attached hydrogen (secondary N) is 1. The lowest BCUT2D eigenvalue weighted by Crippen LogP contribution is -2.36. The van der Waals surface area contributed by atoms with E-state index < -0.39 is 23.8 Å². The first-order chi connectivity index (χ1) is 14.0. The molecule has 0 saturated heterocycles. The Hall–Kier alpha value is -3.72. The zero-order valence-electron chi connectivity index (χ0n) is 15.7. The topological polar surface area (TPSA) is 39.3 Å². The van der Waals surface area contributed by atoms with Crippen molar-refractivity contribution >= 4 is 0 Å². The van der Waals surface area contributed by atoms with E-state index in [0.29, 0.717) is 11.3 Å². The van der Waals surface area contributed by atoms with Gasteiger partial charge in [-0.3, -0.25) is 0 Å². The van der Waals surface area contributed by atoms with Gasteiger partial charge < -0.3 is 15.0 Å². The maximum absolute atomic E-state index is 14.5. The number of terminal acetylenes is 1. The molecule has 1 aliphatic heterocycles. The molecule has 2 unspecified atom stereocenters. The molecule has 3 rings (SSSR count). The molecule has 0 aliphatic carbocycles. The molecule has 2 heterocycles. The first-order valence-electron chi connectivity index (χ1n) is 8.87. The molecule has 3 nitrogen and oxygen atoms in total. The van der Waals surface area contributed by atoms with Gasteiger partial charge in [0.1, 0.15) is 17.9 Å². The number of aliphatic hydroxyl groups is 1. The molecule has 144 valence electrons. The smallest absolute Gasteiger partial charge is 0.150 e. The summed E-state index contributed by atoms with van der Waals surface area (Å²) in [5.74, 6) is 11.9. The van der Waals surface area contributed by atoms with E-state index in [1.165, 1.54) is 4.90 Å². The van der Waals surface area contributed by atoms with Crippen molar-refractivity contribution < 1.29 is 13.9 Å². The van der Waals surface area contributed by atoms with E-state index in [4.69, 9.17) is 6.42 Å². The highest BCUT2D eigenvalue weighted by Gasteiger charge is 2.29. The molecule has 2 aromatic rings. The normalized spacial score (nSPS) is 16.4. The van der Waals surface area contributed by atoms with Crippen LogP contribution >= 0.6 is 0 Å². The van der Waals surface area contributed by atoms with Crippen LogP contribution in [-0.4, -0.2) is 28.3 Å². The number of halogens is 2. The average molecular weight is 388 g/mol. The molecule has 0 fully saturated rings. The van der Waals surface area contributed by atoms with Gasteiger partial charge >= 0.3 is 0 Å². The fourth-order valence-electron chi connectivity index (χ4n) is 3.07. The number of aromatic nitrogens is 1. The molecule has 1 aliphatic rings. The van der Waals surface area contributed by atoms with Crippen LogP contribution in [0.4, 0.5) is 8.78 Å². The van der Waals surface area contributed by atoms with Crippen LogP contribution in [0.5, 0.6) is 0 Å². The maximum atomic E-state index is 14.5. The van der Waals surface area contributed by atoms with E-state index in [-0.39, 0.29) is 12.0 Å². The molecule has 2 atom stereocenters. The monoisotopic (exact) mass is 388 g/mol. The number of hydrogen-bond donors (Lipinski definition) is 2. The van der Waals surface area contributed by atoms with Crippen LogP contribution in [0.1, 0.15) is 23.5 Å². The first-order valence-corrected chi connectivity index (χ1v) is 8.87. The van der Waals surface area contributed by atoms with Crippen molar-refractivity contribution in [1.29, 1.82) is 0 Å². The van der Waals surface area contributed by atoms with Crippen molar-refractivity contribution in [2.75, 3.05) is 7.05 Å².